The molecule has 0 aliphatic heterocycles. The minimum Gasteiger partial charge on any atom is -0.455 e. The first-order valence-corrected chi connectivity index (χ1v) is 14.1. The highest BCUT2D eigenvalue weighted by molar-refractivity contribution is 6.18. The average molecular weight is 538 g/mol. The van der Waals surface area contributed by atoms with Gasteiger partial charge in [-0.2, -0.15) is 0 Å². The number of benzene rings is 6. The largest absolute Gasteiger partial charge is 0.455 e. The number of rotatable bonds is 3. The van der Waals surface area contributed by atoms with Gasteiger partial charge in [0.25, 0.3) is 0 Å². The van der Waals surface area contributed by atoms with Crippen LogP contribution in [0.5, 0.6) is 0 Å². The molecule has 9 rings (SSSR count). The summed E-state index contributed by atoms with van der Waals surface area (Å²) in [7, 11) is 0. The Labute approximate surface area is 241 Å². The lowest BCUT2D eigenvalue weighted by atomic mass is 10.0. The molecule has 4 nitrogen and oxygen atoms in total. The zero-order valence-corrected chi connectivity index (χ0v) is 22.5. The fraction of sp³-hybridized carbons (Fsp3) is 0. The van der Waals surface area contributed by atoms with E-state index < -0.39 is 0 Å². The van der Waals surface area contributed by atoms with E-state index in [1.807, 2.05) is 24.4 Å². The van der Waals surface area contributed by atoms with Crippen LogP contribution >= 0.6 is 0 Å². The minimum absolute atomic E-state index is 0.658. The van der Waals surface area contributed by atoms with Crippen LogP contribution in [0.15, 0.2) is 144 Å². The smallest absolute Gasteiger partial charge is 0.235 e. The van der Waals surface area contributed by atoms with Crippen LogP contribution in [-0.2, 0) is 0 Å². The van der Waals surface area contributed by atoms with Crippen molar-refractivity contribution in [3.8, 4) is 28.3 Å². The second kappa shape index (κ2) is 8.88. The first-order chi connectivity index (χ1) is 20.8. The standard InChI is InChI=1S/C38H23N3O/c1-2-9-27-24(8-1)20-21-31-29-10-3-5-14-34(29)41(36(27)31)38-39-23-22-33(40-38)26-18-16-25(17-19-26)28-12-7-13-32-30-11-4-6-15-35(30)42-37(28)32/h1-23H. The van der Waals surface area contributed by atoms with E-state index in [2.05, 4.69) is 120 Å². The van der Waals surface area contributed by atoms with Gasteiger partial charge < -0.3 is 4.42 Å². The van der Waals surface area contributed by atoms with E-state index in [4.69, 9.17) is 14.4 Å². The van der Waals surface area contributed by atoms with Crippen molar-refractivity contribution in [3.05, 3.63) is 140 Å². The number of nitrogens with zero attached hydrogens (tertiary/aromatic N) is 3. The van der Waals surface area contributed by atoms with Crippen LogP contribution < -0.4 is 0 Å². The van der Waals surface area contributed by atoms with Gasteiger partial charge in [-0.15, -0.1) is 0 Å². The molecule has 196 valence electrons. The highest BCUT2D eigenvalue weighted by Gasteiger charge is 2.17. The fourth-order valence-electron chi connectivity index (χ4n) is 6.35. The van der Waals surface area contributed by atoms with Crippen LogP contribution in [0.25, 0.3) is 82.8 Å². The van der Waals surface area contributed by atoms with Crippen molar-refractivity contribution >= 4 is 54.5 Å². The highest BCUT2D eigenvalue weighted by Crippen LogP contribution is 2.38. The molecule has 0 bridgehead atoms. The van der Waals surface area contributed by atoms with Gasteiger partial charge in [0, 0.05) is 44.3 Å². The number of aromatic nitrogens is 3. The first-order valence-electron chi connectivity index (χ1n) is 14.1. The van der Waals surface area contributed by atoms with Crippen LogP contribution in [0.1, 0.15) is 0 Å². The molecule has 9 aromatic rings. The van der Waals surface area contributed by atoms with Gasteiger partial charge >= 0.3 is 0 Å². The Kier molecular flexibility index (Phi) is 4.87. The maximum absolute atomic E-state index is 6.29. The van der Waals surface area contributed by atoms with E-state index in [-0.39, 0.29) is 0 Å². The Balaban J connectivity index is 1.18. The van der Waals surface area contributed by atoms with Gasteiger partial charge in [-0.25, -0.2) is 9.97 Å². The van der Waals surface area contributed by atoms with Gasteiger partial charge in [0.05, 0.1) is 16.7 Å². The molecule has 0 fully saturated rings. The molecule has 0 N–H and O–H groups in total. The zero-order chi connectivity index (χ0) is 27.6. The molecule has 3 heterocycles. The van der Waals surface area contributed by atoms with Gasteiger partial charge in [0.15, 0.2) is 0 Å². The topological polar surface area (TPSA) is 43.9 Å². The van der Waals surface area contributed by atoms with Crippen LogP contribution in [0.2, 0.25) is 0 Å². The van der Waals surface area contributed by atoms with E-state index >= 15 is 0 Å². The van der Waals surface area contributed by atoms with Crippen molar-refractivity contribution in [3.63, 3.8) is 0 Å². The summed E-state index contributed by atoms with van der Waals surface area (Å²) in [5.41, 5.74) is 8.13. The Hall–Kier alpha value is -5.74. The van der Waals surface area contributed by atoms with Crippen molar-refractivity contribution in [2.24, 2.45) is 0 Å². The number of para-hydroxylation sites is 3. The van der Waals surface area contributed by atoms with Crippen molar-refractivity contribution in [1.82, 2.24) is 14.5 Å². The highest BCUT2D eigenvalue weighted by atomic mass is 16.3. The quantitative estimate of drug-likeness (QED) is 0.225. The summed E-state index contributed by atoms with van der Waals surface area (Å²) in [5.74, 6) is 0.658. The number of furan rings is 1. The van der Waals surface area contributed by atoms with Gasteiger partial charge in [-0.05, 0) is 29.1 Å². The molecule has 0 saturated heterocycles. The Morgan fingerprint density at radius 3 is 2.17 bits per heavy atom. The average Bonchev–Trinajstić information content (AvgIpc) is 3.61. The van der Waals surface area contributed by atoms with Gasteiger partial charge in [0.1, 0.15) is 11.2 Å². The van der Waals surface area contributed by atoms with E-state index in [0.717, 1.165) is 55.4 Å². The summed E-state index contributed by atoms with van der Waals surface area (Å²) in [6, 6.07) is 46.5. The van der Waals surface area contributed by atoms with E-state index in [0.29, 0.717) is 5.95 Å². The Morgan fingerprint density at radius 2 is 1.26 bits per heavy atom. The van der Waals surface area contributed by atoms with Crippen molar-refractivity contribution < 1.29 is 4.42 Å². The maximum Gasteiger partial charge on any atom is 0.235 e. The van der Waals surface area contributed by atoms with Gasteiger partial charge in [0.2, 0.25) is 5.95 Å². The van der Waals surface area contributed by atoms with Gasteiger partial charge in [-0.3, -0.25) is 4.57 Å². The predicted octanol–water partition coefficient (Wildman–Crippen LogP) is 9.96. The molecule has 0 spiro atoms. The molecule has 3 aromatic heterocycles. The van der Waals surface area contributed by atoms with Gasteiger partial charge in [-0.1, -0.05) is 115 Å². The second-order valence-corrected chi connectivity index (χ2v) is 10.6. The monoisotopic (exact) mass is 537 g/mol. The summed E-state index contributed by atoms with van der Waals surface area (Å²) in [5, 5.41) is 7.03. The minimum atomic E-state index is 0.658. The van der Waals surface area contributed by atoms with Crippen LogP contribution in [0, 0.1) is 0 Å². The summed E-state index contributed by atoms with van der Waals surface area (Å²) in [4.78, 5) is 9.88. The van der Waals surface area contributed by atoms with Crippen molar-refractivity contribution in [1.29, 1.82) is 0 Å². The Bertz CT molecular complexity index is 2470. The third-order valence-electron chi connectivity index (χ3n) is 8.30. The lowest BCUT2D eigenvalue weighted by Gasteiger charge is -2.10. The van der Waals surface area contributed by atoms with Crippen molar-refractivity contribution in [2.45, 2.75) is 0 Å². The summed E-state index contributed by atoms with van der Waals surface area (Å²) in [6.07, 6.45) is 1.85. The number of fused-ring (bicyclic) bond motifs is 8. The maximum atomic E-state index is 6.29. The molecule has 0 aliphatic carbocycles. The molecular formula is C38H23N3O. The molecule has 0 unspecified atom stereocenters. The third-order valence-corrected chi connectivity index (χ3v) is 8.30. The summed E-state index contributed by atoms with van der Waals surface area (Å²) in [6.45, 7) is 0. The molecule has 4 heteroatoms. The molecule has 6 aromatic carbocycles. The molecule has 42 heavy (non-hydrogen) atoms. The first kappa shape index (κ1) is 23.0. The van der Waals surface area contributed by atoms with E-state index in [9.17, 15) is 0 Å². The Morgan fingerprint density at radius 1 is 0.524 bits per heavy atom. The second-order valence-electron chi connectivity index (χ2n) is 10.6. The molecular weight excluding hydrogens is 514 g/mol. The van der Waals surface area contributed by atoms with E-state index in [1.54, 1.807) is 0 Å². The zero-order valence-electron chi connectivity index (χ0n) is 22.5. The third kappa shape index (κ3) is 3.36. The van der Waals surface area contributed by atoms with E-state index in [1.165, 1.54) is 21.5 Å². The predicted molar refractivity (Wildman–Crippen MR) is 172 cm³/mol. The number of hydrogen-bond donors (Lipinski definition) is 0. The van der Waals surface area contributed by atoms with Crippen LogP contribution in [0.3, 0.4) is 0 Å². The van der Waals surface area contributed by atoms with Crippen LogP contribution in [-0.4, -0.2) is 14.5 Å². The normalized spacial score (nSPS) is 11.8. The molecule has 0 amide bonds. The summed E-state index contributed by atoms with van der Waals surface area (Å²) < 4.78 is 8.49. The summed E-state index contributed by atoms with van der Waals surface area (Å²) >= 11 is 0. The lowest BCUT2D eigenvalue weighted by Crippen LogP contribution is -2.02. The number of hydrogen-bond acceptors (Lipinski definition) is 3. The SMILES string of the molecule is c1ccc2c(c1)ccc1c3ccccc3n(-c3nccc(-c4ccc(-c5cccc6c5oc5ccccc56)cc4)n3)c21. The fourth-order valence-corrected chi connectivity index (χ4v) is 6.35. The van der Waals surface area contributed by atoms with Crippen molar-refractivity contribution in [2.75, 3.05) is 0 Å². The lowest BCUT2D eigenvalue weighted by molar-refractivity contribution is 0.670. The molecule has 0 aliphatic rings. The molecule has 0 saturated carbocycles. The molecule has 0 atom stereocenters. The van der Waals surface area contributed by atoms with Crippen LogP contribution in [0.4, 0.5) is 0 Å². The molecule has 0 radical (unpaired) electrons.